The van der Waals surface area contributed by atoms with E-state index in [9.17, 15) is 8.78 Å². The van der Waals surface area contributed by atoms with Gasteiger partial charge in [-0.15, -0.1) is 0 Å². The molecule has 0 aliphatic rings. The smallest absolute Gasteiger partial charge is 0.217 e. The van der Waals surface area contributed by atoms with E-state index in [0.717, 1.165) is 25.0 Å². The van der Waals surface area contributed by atoms with Crippen LogP contribution in [0.1, 0.15) is 62.6 Å². The van der Waals surface area contributed by atoms with Crippen molar-refractivity contribution in [2.24, 2.45) is 0 Å². The minimum atomic E-state index is -1.17. The zero-order chi connectivity index (χ0) is 21.6. The predicted molar refractivity (Wildman–Crippen MR) is 120 cm³/mol. The van der Waals surface area contributed by atoms with Crippen molar-refractivity contribution in [1.29, 1.82) is 0 Å². The van der Waals surface area contributed by atoms with Gasteiger partial charge in [0.05, 0.1) is 6.61 Å². The molecule has 2 aromatic carbocycles. The average molecular weight is 407 g/mol. The van der Waals surface area contributed by atoms with Crippen LogP contribution < -0.4 is 4.74 Å². The van der Waals surface area contributed by atoms with Crippen molar-refractivity contribution >= 4 is 0 Å². The van der Waals surface area contributed by atoms with E-state index in [1.54, 1.807) is 24.3 Å². The molecule has 2 rings (SSSR count). The third-order valence-corrected chi connectivity index (χ3v) is 4.43. The molecule has 156 valence electrons. The molecule has 0 spiro atoms. The lowest BCUT2D eigenvalue weighted by atomic mass is 10.0. The SMILES string of the molecule is CCCCCCc1ccc(C#CC(F)=C(F)C#Cc2ccc(OCCC)cc2)cc1. The van der Waals surface area contributed by atoms with Crippen LogP contribution in [0.3, 0.4) is 0 Å². The molecular formula is C27H28F2O. The number of benzene rings is 2. The summed E-state index contributed by atoms with van der Waals surface area (Å²) in [5.41, 5.74) is 2.45. The highest BCUT2D eigenvalue weighted by atomic mass is 19.2. The van der Waals surface area contributed by atoms with Crippen LogP contribution in [-0.2, 0) is 6.42 Å². The molecule has 1 nitrogen and oxygen atoms in total. The largest absolute Gasteiger partial charge is 0.494 e. The first-order chi connectivity index (χ1) is 14.6. The van der Waals surface area contributed by atoms with E-state index in [1.165, 1.54) is 24.8 Å². The molecule has 30 heavy (non-hydrogen) atoms. The summed E-state index contributed by atoms with van der Waals surface area (Å²) in [5, 5.41) is 0. The maximum Gasteiger partial charge on any atom is 0.217 e. The summed E-state index contributed by atoms with van der Waals surface area (Å²) in [6.07, 6.45) is 6.80. The third kappa shape index (κ3) is 8.54. The first-order valence-electron chi connectivity index (χ1n) is 10.5. The molecule has 0 unspecified atom stereocenters. The lowest BCUT2D eigenvalue weighted by Gasteiger charge is -2.03. The van der Waals surface area contributed by atoms with Crippen LogP contribution in [0.15, 0.2) is 60.2 Å². The summed E-state index contributed by atoms with van der Waals surface area (Å²) in [5.74, 6) is 8.04. The van der Waals surface area contributed by atoms with E-state index in [2.05, 4.69) is 30.6 Å². The van der Waals surface area contributed by atoms with Gasteiger partial charge in [-0.1, -0.05) is 57.1 Å². The summed E-state index contributed by atoms with van der Waals surface area (Å²) >= 11 is 0. The molecule has 0 aliphatic heterocycles. The van der Waals surface area contributed by atoms with Gasteiger partial charge in [-0.3, -0.25) is 0 Å². The molecule has 0 radical (unpaired) electrons. The van der Waals surface area contributed by atoms with Gasteiger partial charge in [0.15, 0.2) is 0 Å². The Balaban J connectivity index is 1.96. The standard InChI is InChI=1S/C27H28F2O/c1-3-5-6-7-8-22-9-11-23(12-10-22)15-19-26(28)27(29)20-16-24-13-17-25(18-14-24)30-21-4-2/h9-14,17-18H,3-8,21H2,1-2H3. The van der Waals surface area contributed by atoms with E-state index < -0.39 is 11.7 Å². The van der Waals surface area contributed by atoms with Crippen LogP contribution in [0, 0.1) is 23.7 Å². The normalized spacial score (nSPS) is 10.9. The number of hydrogen-bond donors (Lipinski definition) is 0. The van der Waals surface area contributed by atoms with Crippen LogP contribution in [0.2, 0.25) is 0 Å². The van der Waals surface area contributed by atoms with Crippen molar-refractivity contribution in [1.82, 2.24) is 0 Å². The molecule has 0 heterocycles. The average Bonchev–Trinajstić information content (AvgIpc) is 2.78. The maximum atomic E-state index is 13.9. The monoisotopic (exact) mass is 406 g/mol. The van der Waals surface area contributed by atoms with Crippen LogP contribution in [0.4, 0.5) is 8.78 Å². The van der Waals surface area contributed by atoms with Crippen molar-refractivity contribution in [3.63, 3.8) is 0 Å². The summed E-state index contributed by atoms with van der Waals surface area (Å²) < 4.78 is 33.3. The molecule has 0 atom stereocenters. The topological polar surface area (TPSA) is 9.23 Å². The zero-order valence-corrected chi connectivity index (χ0v) is 17.7. The molecule has 0 saturated carbocycles. The molecule has 0 aliphatic carbocycles. The maximum absolute atomic E-state index is 13.9. The van der Waals surface area contributed by atoms with Crippen molar-refractivity contribution in [2.45, 2.75) is 52.4 Å². The molecule has 3 heteroatoms. The van der Waals surface area contributed by atoms with Crippen molar-refractivity contribution in [3.05, 3.63) is 76.9 Å². The van der Waals surface area contributed by atoms with Crippen LogP contribution in [-0.4, -0.2) is 6.61 Å². The van der Waals surface area contributed by atoms with E-state index >= 15 is 0 Å². The van der Waals surface area contributed by atoms with E-state index in [1.807, 2.05) is 31.2 Å². The summed E-state index contributed by atoms with van der Waals surface area (Å²) in [6.45, 7) is 4.85. The second kappa shape index (κ2) is 13.2. The van der Waals surface area contributed by atoms with Gasteiger partial charge in [0.2, 0.25) is 11.7 Å². The number of unbranched alkanes of at least 4 members (excludes halogenated alkanes) is 3. The van der Waals surface area contributed by atoms with Crippen LogP contribution in [0.5, 0.6) is 5.75 Å². The van der Waals surface area contributed by atoms with Gasteiger partial charge >= 0.3 is 0 Å². The number of halogens is 2. The molecule has 0 fully saturated rings. The van der Waals surface area contributed by atoms with Crippen molar-refractivity contribution in [3.8, 4) is 29.4 Å². The molecule has 2 aromatic rings. The first-order valence-corrected chi connectivity index (χ1v) is 10.5. The fraction of sp³-hybridized carbons (Fsp3) is 0.333. The van der Waals surface area contributed by atoms with E-state index in [-0.39, 0.29) is 0 Å². The lowest BCUT2D eigenvalue weighted by Crippen LogP contribution is -1.94. The Kier molecular flexibility index (Phi) is 10.3. The van der Waals surface area contributed by atoms with Crippen molar-refractivity contribution < 1.29 is 13.5 Å². The molecule has 0 saturated heterocycles. The summed E-state index contributed by atoms with van der Waals surface area (Å²) in [6, 6.07) is 14.6. The zero-order valence-electron chi connectivity index (χ0n) is 17.7. The Morgan fingerprint density at radius 1 is 0.733 bits per heavy atom. The van der Waals surface area contributed by atoms with Crippen LogP contribution in [0.25, 0.3) is 0 Å². The number of ether oxygens (including phenoxy) is 1. The Hall–Kier alpha value is -3.04. The number of aryl methyl sites for hydroxylation is 1. The quantitative estimate of drug-likeness (QED) is 0.334. The number of rotatable bonds is 8. The Morgan fingerprint density at radius 2 is 1.30 bits per heavy atom. The van der Waals surface area contributed by atoms with Crippen LogP contribution >= 0.6 is 0 Å². The Bertz CT molecular complexity index is 933. The predicted octanol–water partition coefficient (Wildman–Crippen LogP) is 7.15. The van der Waals surface area contributed by atoms with E-state index in [4.69, 9.17) is 4.74 Å². The molecular weight excluding hydrogens is 378 g/mol. The fourth-order valence-electron chi connectivity index (χ4n) is 2.73. The first kappa shape index (κ1) is 23.2. The Labute approximate surface area is 179 Å². The highest BCUT2D eigenvalue weighted by Crippen LogP contribution is 2.13. The fourth-order valence-corrected chi connectivity index (χ4v) is 2.73. The van der Waals surface area contributed by atoms with Gasteiger partial charge in [0, 0.05) is 11.1 Å². The van der Waals surface area contributed by atoms with Gasteiger partial charge < -0.3 is 4.74 Å². The minimum absolute atomic E-state index is 0.573. The highest BCUT2D eigenvalue weighted by Gasteiger charge is 2.00. The molecule has 0 aromatic heterocycles. The van der Waals surface area contributed by atoms with Gasteiger partial charge in [0.1, 0.15) is 5.75 Å². The van der Waals surface area contributed by atoms with E-state index in [0.29, 0.717) is 17.7 Å². The van der Waals surface area contributed by atoms with Gasteiger partial charge in [-0.25, -0.2) is 0 Å². The summed E-state index contributed by atoms with van der Waals surface area (Å²) in [4.78, 5) is 0. The second-order valence-corrected chi connectivity index (χ2v) is 7.01. The van der Waals surface area contributed by atoms with Gasteiger partial charge in [-0.2, -0.15) is 8.78 Å². The second-order valence-electron chi connectivity index (χ2n) is 7.01. The van der Waals surface area contributed by atoms with Crippen molar-refractivity contribution in [2.75, 3.05) is 6.61 Å². The van der Waals surface area contributed by atoms with Gasteiger partial charge in [-0.05, 0) is 73.1 Å². The number of allylic oxidation sites excluding steroid dienone is 2. The highest BCUT2D eigenvalue weighted by molar-refractivity contribution is 5.46. The van der Waals surface area contributed by atoms with Gasteiger partial charge in [0.25, 0.3) is 0 Å². The summed E-state index contributed by atoms with van der Waals surface area (Å²) in [7, 11) is 0. The molecule has 0 N–H and O–H groups in total. The lowest BCUT2D eigenvalue weighted by molar-refractivity contribution is 0.317. The third-order valence-electron chi connectivity index (χ3n) is 4.43. The minimum Gasteiger partial charge on any atom is -0.494 e. The molecule has 0 bridgehead atoms. The molecule has 0 amide bonds. The number of hydrogen-bond acceptors (Lipinski definition) is 1. The Morgan fingerprint density at radius 3 is 1.83 bits per heavy atom.